The molecule has 8 nitrogen and oxygen atoms in total. The van der Waals surface area contributed by atoms with Crippen LogP contribution in [0.5, 0.6) is 5.75 Å². The van der Waals surface area contributed by atoms with Gasteiger partial charge >= 0.3 is 13.6 Å². The summed E-state index contributed by atoms with van der Waals surface area (Å²) in [5.74, 6) is 1.75. The van der Waals surface area contributed by atoms with Crippen LogP contribution >= 0.6 is 7.60 Å². The molecule has 3 aromatic carbocycles. The summed E-state index contributed by atoms with van der Waals surface area (Å²) in [7, 11) is -3.63. The van der Waals surface area contributed by atoms with Gasteiger partial charge in [0.1, 0.15) is 5.75 Å². The Hall–Kier alpha value is -3.19. The second-order valence-corrected chi connectivity index (χ2v) is 15.0. The maximum absolute atomic E-state index is 14.1. The highest BCUT2D eigenvalue weighted by atomic mass is 31.2. The molecule has 4 fully saturated rings. The van der Waals surface area contributed by atoms with Crippen molar-refractivity contribution in [2.45, 2.75) is 71.6 Å². The molecule has 1 unspecified atom stereocenters. The fraction of sp³-hybridized carbons (Fsp3) is 0.486. The van der Waals surface area contributed by atoms with Gasteiger partial charge in [0.25, 0.3) is 0 Å². The fourth-order valence-electron chi connectivity index (χ4n) is 8.17. The number of ether oxygens (including phenoxy) is 1. The molecule has 7 rings (SSSR count). The van der Waals surface area contributed by atoms with Crippen LogP contribution in [0.1, 0.15) is 76.2 Å². The van der Waals surface area contributed by atoms with Gasteiger partial charge < -0.3 is 24.4 Å². The van der Waals surface area contributed by atoms with Crippen LogP contribution in [0.2, 0.25) is 0 Å². The zero-order valence-electron chi connectivity index (χ0n) is 25.8. The summed E-state index contributed by atoms with van der Waals surface area (Å²) in [5.41, 5.74) is 2.36. The van der Waals surface area contributed by atoms with Crippen molar-refractivity contribution in [1.82, 2.24) is 5.32 Å². The number of fused-ring (bicyclic) bond motifs is 1. The quantitative estimate of drug-likeness (QED) is 0.121. The lowest BCUT2D eigenvalue weighted by molar-refractivity contribution is -0.146. The molecule has 4 aliphatic carbocycles. The number of hydrogen-bond donors (Lipinski definition) is 2. The summed E-state index contributed by atoms with van der Waals surface area (Å²) in [6.45, 7) is 5.92. The molecule has 1 amide bonds. The number of esters is 1. The molecular formula is C35H43N2O6P. The molecule has 0 aliphatic heterocycles. The molecule has 0 heterocycles. The Morgan fingerprint density at radius 2 is 1.45 bits per heavy atom. The lowest BCUT2D eigenvalue weighted by Gasteiger charge is -2.55. The molecular weight excluding hydrogens is 575 g/mol. The van der Waals surface area contributed by atoms with Crippen LogP contribution < -0.4 is 15.4 Å². The average Bonchev–Trinajstić information content (AvgIpc) is 2.98. The predicted molar refractivity (Wildman–Crippen MR) is 171 cm³/mol. The number of carbonyl (C=O) groups is 2. The highest BCUT2D eigenvalue weighted by Gasteiger charge is 2.54. The van der Waals surface area contributed by atoms with Crippen molar-refractivity contribution < 1.29 is 27.9 Å². The van der Waals surface area contributed by atoms with Gasteiger partial charge in [-0.2, -0.15) is 0 Å². The van der Waals surface area contributed by atoms with Crippen molar-refractivity contribution in [2.24, 2.45) is 23.2 Å². The first-order chi connectivity index (χ1) is 21.2. The first-order valence-electron chi connectivity index (χ1n) is 15.9. The van der Waals surface area contributed by atoms with Crippen LogP contribution in [0.3, 0.4) is 0 Å². The zero-order valence-corrected chi connectivity index (χ0v) is 26.7. The van der Waals surface area contributed by atoms with Gasteiger partial charge in [0.2, 0.25) is 5.91 Å². The number of carbonyl (C=O) groups excluding carboxylic acids is 2. The topological polar surface area (TPSA) is 103 Å². The Morgan fingerprint density at radius 3 is 2.05 bits per heavy atom. The first-order valence-corrected chi connectivity index (χ1v) is 17.5. The first kappa shape index (κ1) is 30.8. The molecule has 4 bridgehead atoms. The van der Waals surface area contributed by atoms with Gasteiger partial charge in [-0.3, -0.25) is 14.2 Å². The molecule has 3 aromatic rings. The van der Waals surface area contributed by atoms with Crippen LogP contribution in [-0.4, -0.2) is 25.1 Å². The summed E-state index contributed by atoms with van der Waals surface area (Å²) in [5, 5.41) is 8.46. The summed E-state index contributed by atoms with van der Waals surface area (Å²) in [4.78, 5) is 24.8. The standard InChI is InChI=1S/C35H43N2O6P/c1-4-41-44(40,42-5-2)33(30-9-8-29-18-32(43-23(3)38)13-10-28(29)17-30)37-31-11-6-24(7-12-31)22-36-34(39)35-19-25-14-26(20-35)16-27(15-25)21-35/h6-13,17-18,25-27,33,37H,4-5,14-16,19-22H2,1-3H3,(H,36,39). The number of hydrogen-bond acceptors (Lipinski definition) is 7. The van der Waals surface area contributed by atoms with Gasteiger partial charge in [-0.15, -0.1) is 0 Å². The smallest absolute Gasteiger partial charge is 0.357 e. The van der Waals surface area contributed by atoms with E-state index in [1.807, 2.05) is 48.5 Å². The van der Waals surface area contributed by atoms with Crippen LogP contribution in [0.25, 0.3) is 10.8 Å². The summed E-state index contributed by atoms with van der Waals surface area (Å²) >= 11 is 0. The monoisotopic (exact) mass is 618 g/mol. The lowest BCUT2D eigenvalue weighted by Crippen LogP contribution is -2.53. The van der Waals surface area contributed by atoms with Crippen molar-refractivity contribution in [1.29, 1.82) is 0 Å². The Kier molecular flexibility index (Phi) is 8.87. The van der Waals surface area contributed by atoms with Crippen LogP contribution in [0.4, 0.5) is 5.69 Å². The van der Waals surface area contributed by atoms with E-state index >= 15 is 0 Å². The highest BCUT2D eigenvalue weighted by Crippen LogP contribution is 2.61. The van der Waals surface area contributed by atoms with Gasteiger partial charge in [-0.05, 0) is 122 Å². The molecule has 0 radical (unpaired) electrons. The van der Waals surface area contributed by atoms with E-state index in [1.54, 1.807) is 26.0 Å². The number of amides is 1. The van der Waals surface area contributed by atoms with E-state index in [9.17, 15) is 14.2 Å². The Balaban J connectivity index is 1.18. The molecule has 234 valence electrons. The van der Waals surface area contributed by atoms with Gasteiger partial charge in [0.05, 0.1) is 13.2 Å². The normalized spacial score (nSPS) is 24.7. The molecule has 0 spiro atoms. The van der Waals surface area contributed by atoms with Crippen molar-refractivity contribution in [3.8, 4) is 5.75 Å². The van der Waals surface area contributed by atoms with E-state index in [4.69, 9.17) is 13.8 Å². The van der Waals surface area contributed by atoms with E-state index in [2.05, 4.69) is 10.6 Å². The number of anilines is 1. The van der Waals surface area contributed by atoms with Crippen molar-refractivity contribution in [3.05, 3.63) is 71.8 Å². The van der Waals surface area contributed by atoms with Crippen molar-refractivity contribution in [2.75, 3.05) is 18.5 Å². The third-order valence-corrected chi connectivity index (χ3v) is 11.9. The van der Waals surface area contributed by atoms with Gasteiger partial charge in [-0.1, -0.05) is 30.3 Å². The van der Waals surface area contributed by atoms with Crippen LogP contribution in [0.15, 0.2) is 60.7 Å². The third-order valence-electron chi connectivity index (χ3n) is 9.58. The summed E-state index contributed by atoms with van der Waals surface area (Å²) < 4.78 is 30.9. The minimum absolute atomic E-state index is 0.162. The van der Waals surface area contributed by atoms with E-state index in [-0.39, 0.29) is 30.5 Å². The molecule has 44 heavy (non-hydrogen) atoms. The van der Waals surface area contributed by atoms with E-state index in [0.29, 0.717) is 12.3 Å². The van der Waals surface area contributed by atoms with E-state index in [1.165, 1.54) is 26.2 Å². The van der Waals surface area contributed by atoms with E-state index < -0.39 is 13.4 Å². The van der Waals surface area contributed by atoms with Gasteiger partial charge in [0.15, 0.2) is 5.78 Å². The maximum Gasteiger partial charge on any atom is 0.357 e. The number of rotatable bonds is 12. The zero-order chi connectivity index (χ0) is 30.9. The SMILES string of the molecule is CCOP(=O)(OCC)C(Nc1ccc(CNC(=O)C23CC4CC(CC(C4)C2)C3)cc1)c1ccc2cc(OC(C)=O)ccc2c1. The minimum Gasteiger partial charge on any atom is -0.427 e. The maximum atomic E-state index is 14.1. The Bertz CT molecular complexity index is 1530. The molecule has 4 saturated carbocycles. The molecule has 1 atom stereocenters. The second kappa shape index (κ2) is 12.7. The van der Waals surface area contributed by atoms with Crippen molar-refractivity contribution >= 4 is 35.9 Å². The molecule has 2 N–H and O–H groups in total. The fourth-order valence-corrected chi connectivity index (χ4v) is 10.1. The molecule has 4 aliphatic rings. The largest absolute Gasteiger partial charge is 0.427 e. The predicted octanol–water partition coefficient (Wildman–Crippen LogP) is 7.97. The van der Waals surface area contributed by atoms with Gasteiger partial charge in [-0.25, -0.2) is 0 Å². The number of nitrogens with one attached hydrogen (secondary N) is 2. The molecule has 9 heteroatoms. The minimum atomic E-state index is -3.63. The third kappa shape index (κ3) is 6.44. The molecule has 0 aromatic heterocycles. The number of benzene rings is 3. The van der Waals surface area contributed by atoms with E-state index in [0.717, 1.165) is 64.6 Å². The average molecular weight is 619 g/mol. The highest BCUT2D eigenvalue weighted by molar-refractivity contribution is 7.54. The second-order valence-electron chi connectivity index (χ2n) is 12.9. The van der Waals surface area contributed by atoms with Crippen molar-refractivity contribution in [3.63, 3.8) is 0 Å². The Morgan fingerprint density at radius 1 is 0.864 bits per heavy atom. The summed E-state index contributed by atoms with van der Waals surface area (Å²) in [6.07, 6.45) is 7.11. The van der Waals surface area contributed by atoms with Gasteiger partial charge in [0, 0.05) is 24.6 Å². The Labute approximate surface area is 259 Å². The van der Waals surface area contributed by atoms with Crippen LogP contribution in [0, 0.1) is 23.2 Å². The lowest BCUT2D eigenvalue weighted by atomic mass is 9.49. The van der Waals surface area contributed by atoms with Crippen LogP contribution in [-0.2, 0) is 29.7 Å². The summed E-state index contributed by atoms with van der Waals surface area (Å²) in [6, 6.07) is 19.0. The molecule has 0 saturated heterocycles.